The molecule has 0 aliphatic rings. The lowest BCUT2D eigenvalue weighted by molar-refractivity contribution is 1.21. The Morgan fingerprint density at radius 3 is 1.58 bits per heavy atom. The van der Waals surface area contributed by atoms with Crippen LogP contribution in [0.3, 0.4) is 0 Å². The fourth-order valence-electron chi connectivity index (χ4n) is 2.84. The molecule has 0 heterocycles. The first-order valence-corrected chi connectivity index (χ1v) is 7.33. The number of rotatable bonds is 0. The van der Waals surface area contributed by atoms with E-state index in [-0.39, 0.29) is 0 Å². The summed E-state index contributed by atoms with van der Waals surface area (Å²) < 4.78 is 0. The Hall–Kier alpha value is -1.03. The van der Waals surface area contributed by atoms with Crippen molar-refractivity contribution in [2.45, 2.75) is 14.7 Å². The summed E-state index contributed by atoms with van der Waals surface area (Å²) in [5, 5.41) is 7.32. The predicted molar refractivity (Wildman–Crippen MR) is 91.9 cm³/mol. The van der Waals surface area contributed by atoms with Crippen LogP contribution in [0.5, 0.6) is 0 Å². The van der Waals surface area contributed by atoms with Gasteiger partial charge in [0.15, 0.2) is 0 Å². The van der Waals surface area contributed by atoms with Crippen LogP contribution in [-0.2, 0) is 0 Å². The Bertz CT molecular complexity index is 871. The van der Waals surface area contributed by atoms with Crippen LogP contribution in [0.25, 0.3) is 32.3 Å². The van der Waals surface area contributed by atoms with Crippen LogP contribution in [0.4, 0.5) is 0 Å². The Morgan fingerprint density at radius 2 is 1.05 bits per heavy atom. The molecule has 0 unspecified atom stereocenters. The predicted octanol–water partition coefficient (Wildman–Crippen LogP) is 5.45. The van der Waals surface area contributed by atoms with Crippen LogP contribution in [0.2, 0.25) is 0 Å². The molecule has 92 valence electrons. The minimum atomic E-state index is 0.845. The molecule has 0 saturated carbocycles. The zero-order chi connectivity index (χ0) is 13.1. The van der Waals surface area contributed by atoms with Crippen molar-refractivity contribution in [2.75, 3.05) is 0 Å². The summed E-state index contributed by atoms with van der Waals surface area (Å²) in [5.74, 6) is 0. The molecule has 0 N–H and O–H groups in total. The van der Waals surface area contributed by atoms with Crippen LogP contribution in [0.1, 0.15) is 0 Å². The molecular formula is C16H10S3. The first kappa shape index (κ1) is 11.8. The standard InChI is InChI=1S/C16H10S3/c17-14-10-6-4-8-2-1-3-9-5-7-11(13(10)12(8)9)15(18)16(14)19/h1-7,17-19H. The molecule has 4 rings (SSSR count). The summed E-state index contributed by atoms with van der Waals surface area (Å²) in [6.07, 6.45) is 0. The third kappa shape index (κ3) is 1.46. The zero-order valence-corrected chi connectivity index (χ0v) is 12.6. The van der Waals surface area contributed by atoms with E-state index >= 15 is 0 Å². The Labute approximate surface area is 127 Å². The molecular weight excluding hydrogens is 288 g/mol. The highest BCUT2D eigenvalue weighted by Gasteiger charge is 2.14. The molecule has 4 aromatic carbocycles. The minimum absolute atomic E-state index is 0.845. The summed E-state index contributed by atoms with van der Waals surface area (Å²) in [4.78, 5) is 2.65. The van der Waals surface area contributed by atoms with E-state index in [1.807, 2.05) is 0 Å². The van der Waals surface area contributed by atoms with Crippen LogP contribution < -0.4 is 0 Å². The summed E-state index contributed by atoms with van der Waals surface area (Å²) in [7, 11) is 0. The van der Waals surface area contributed by atoms with Crippen molar-refractivity contribution in [3.8, 4) is 0 Å². The van der Waals surface area contributed by atoms with Gasteiger partial charge in [0.05, 0.1) is 0 Å². The highest BCUT2D eigenvalue weighted by Crippen LogP contribution is 2.43. The maximum absolute atomic E-state index is 4.62. The first-order chi connectivity index (χ1) is 9.18. The average Bonchev–Trinajstić information content (AvgIpc) is 2.45. The van der Waals surface area contributed by atoms with Crippen molar-refractivity contribution < 1.29 is 0 Å². The van der Waals surface area contributed by atoms with Gasteiger partial charge in [0, 0.05) is 14.7 Å². The fraction of sp³-hybridized carbons (Fsp3) is 0. The van der Waals surface area contributed by atoms with Crippen molar-refractivity contribution in [1.29, 1.82) is 0 Å². The molecule has 0 atom stereocenters. The van der Waals surface area contributed by atoms with Crippen molar-refractivity contribution in [1.82, 2.24) is 0 Å². The molecule has 0 aliphatic carbocycles. The van der Waals surface area contributed by atoms with Crippen molar-refractivity contribution in [3.05, 3.63) is 42.5 Å². The van der Waals surface area contributed by atoms with E-state index in [0.29, 0.717) is 0 Å². The first-order valence-electron chi connectivity index (χ1n) is 5.99. The van der Waals surface area contributed by atoms with E-state index in [1.165, 1.54) is 21.5 Å². The van der Waals surface area contributed by atoms with E-state index < -0.39 is 0 Å². The third-order valence-corrected chi connectivity index (χ3v) is 5.46. The van der Waals surface area contributed by atoms with Gasteiger partial charge in [-0.3, -0.25) is 0 Å². The molecule has 0 fully saturated rings. The average molecular weight is 298 g/mol. The summed E-state index contributed by atoms with van der Waals surface area (Å²) >= 11 is 13.8. The van der Waals surface area contributed by atoms with Gasteiger partial charge in [-0.05, 0) is 32.3 Å². The van der Waals surface area contributed by atoms with E-state index in [1.54, 1.807) is 0 Å². The number of thiol groups is 3. The van der Waals surface area contributed by atoms with Crippen LogP contribution in [-0.4, -0.2) is 0 Å². The molecule has 0 saturated heterocycles. The second kappa shape index (κ2) is 3.98. The quantitative estimate of drug-likeness (QED) is 0.279. The molecule has 19 heavy (non-hydrogen) atoms. The van der Waals surface area contributed by atoms with Crippen LogP contribution >= 0.6 is 37.9 Å². The lowest BCUT2D eigenvalue weighted by atomic mass is 9.94. The molecule has 0 aromatic heterocycles. The topological polar surface area (TPSA) is 0 Å². The highest BCUT2D eigenvalue weighted by molar-refractivity contribution is 7.85. The number of benzene rings is 4. The van der Waals surface area contributed by atoms with Gasteiger partial charge in [-0.1, -0.05) is 42.5 Å². The normalized spacial score (nSPS) is 11.9. The molecule has 0 amide bonds. The van der Waals surface area contributed by atoms with Gasteiger partial charge in [-0.25, -0.2) is 0 Å². The molecule has 3 heteroatoms. The van der Waals surface area contributed by atoms with E-state index in [2.05, 4.69) is 80.4 Å². The fourth-order valence-corrected chi connectivity index (χ4v) is 3.77. The Kier molecular flexibility index (Phi) is 2.47. The van der Waals surface area contributed by atoms with Crippen molar-refractivity contribution in [3.63, 3.8) is 0 Å². The molecule has 0 bridgehead atoms. The van der Waals surface area contributed by atoms with Crippen molar-refractivity contribution in [2.24, 2.45) is 0 Å². The second-order valence-electron chi connectivity index (χ2n) is 4.73. The van der Waals surface area contributed by atoms with Gasteiger partial charge in [-0.2, -0.15) is 0 Å². The lowest BCUT2D eigenvalue weighted by Crippen LogP contribution is -1.88. The summed E-state index contributed by atoms with van der Waals surface area (Å²) in [5.41, 5.74) is 0. The second-order valence-corrected chi connectivity index (χ2v) is 6.07. The molecule has 4 aromatic rings. The number of hydrogen-bond donors (Lipinski definition) is 3. The maximum atomic E-state index is 4.62. The molecule has 0 aliphatic heterocycles. The smallest absolute Gasteiger partial charge is 0.0320 e. The van der Waals surface area contributed by atoms with Crippen LogP contribution in [0.15, 0.2) is 57.2 Å². The molecule has 0 radical (unpaired) electrons. The van der Waals surface area contributed by atoms with Gasteiger partial charge in [0.2, 0.25) is 0 Å². The van der Waals surface area contributed by atoms with Gasteiger partial charge in [0.25, 0.3) is 0 Å². The largest absolute Gasteiger partial charge is 0.142 e. The third-order valence-electron chi connectivity index (χ3n) is 3.74. The Balaban J connectivity index is 2.47. The summed E-state index contributed by atoms with van der Waals surface area (Å²) in [6.45, 7) is 0. The summed E-state index contributed by atoms with van der Waals surface area (Å²) in [6, 6.07) is 14.9. The van der Waals surface area contributed by atoms with Gasteiger partial charge < -0.3 is 0 Å². The monoisotopic (exact) mass is 298 g/mol. The Morgan fingerprint density at radius 1 is 0.526 bits per heavy atom. The zero-order valence-electron chi connectivity index (χ0n) is 9.88. The molecule has 0 spiro atoms. The lowest BCUT2D eigenvalue weighted by Gasteiger charge is -2.15. The SMILES string of the molecule is Sc1c(S)c2ccc3cccc4ccc(c1S)c2c34. The maximum Gasteiger partial charge on any atom is 0.0320 e. The van der Waals surface area contributed by atoms with E-state index in [0.717, 1.165) is 25.5 Å². The highest BCUT2D eigenvalue weighted by atomic mass is 32.1. The van der Waals surface area contributed by atoms with E-state index in [9.17, 15) is 0 Å². The molecule has 0 nitrogen and oxygen atoms in total. The van der Waals surface area contributed by atoms with Crippen molar-refractivity contribution >= 4 is 70.2 Å². The van der Waals surface area contributed by atoms with Gasteiger partial charge >= 0.3 is 0 Å². The van der Waals surface area contributed by atoms with E-state index in [4.69, 9.17) is 0 Å². The van der Waals surface area contributed by atoms with Crippen LogP contribution in [0, 0.1) is 0 Å². The minimum Gasteiger partial charge on any atom is -0.142 e. The van der Waals surface area contributed by atoms with Gasteiger partial charge in [-0.15, -0.1) is 37.9 Å². The number of hydrogen-bond acceptors (Lipinski definition) is 3. The van der Waals surface area contributed by atoms with Gasteiger partial charge in [0.1, 0.15) is 0 Å².